The topological polar surface area (TPSA) is 114 Å². The van der Waals surface area contributed by atoms with Crippen LogP contribution in [0.4, 0.5) is 0 Å². The number of carbonyl (C=O) groups excluding carboxylic acids is 1. The van der Waals surface area contributed by atoms with Crippen molar-refractivity contribution in [2.75, 3.05) is 47.5 Å². The Balaban J connectivity index is -0.000000364. The van der Waals surface area contributed by atoms with Gasteiger partial charge in [0.1, 0.15) is 13.2 Å². The number of phosphoric acid groups is 1. The summed E-state index contributed by atoms with van der Waals surface area (Å²) >= 11 is 0. The third kappa shape index (κ3) is 21.2. The van der Waals surface area contributed by atoms with E-state index in [0.717, 1.165) is 12.8 Å². The van der Waals surface area contributed by atoms with E-state index in [1.54, 1.807) is 13.8 Å². The number of hydrogen-bond donors (Lipinski definition) is 1. The van der Waals surface area contributed by atoms with E-state index in [1.807, 2.05) is 21.1 Å². The average molecular weight is 372 g/mol. The molecule has 0 saturated carbocycles. The van der Waals surface area contributed by atoms with Gasteiger partial charge in [0.25, 0.3) is 0 Å². The van der Waals surface area contributed by atoms with Crippen LogP contribution in [0.25, 0.3) is 0 Å². The third-order valence-electron chi connectivity index (χ3n) is 2.39. The first-order valence-corrected chi connectivity index (χ1v) is 9.19. The second-order valence-electron chi connectivity index (χ2n) is 6.00. The number of ether oxygens (including phenoxy) is 1. The molecule has 146 valence electrons. The summed E-state index contributed by atoms with van der Waals surface area (Å²) in [5.74, 6) is -0.284. The first-order valence-electron chi connectivity index (χ1n) is 7.70. The molecule has 0 amide bonds. The van der Waals surface area contributed by atoms with Crippen molar-refractivity contribution in [3.8, 4) is 0 Å². The molecule has 24 heavy (non-hydrogen) atoms. The quantitative estimate of drug-likeness (QED) is 0.206. The zero-order chi connectivity index (χ0) is 18.5. The number of hydrogen-bond acceptors (Lipinski definition) is 5. The lowest BCUT2D eigenvalue weighted by Crippen LogP contribution is -2.37. The Labute approximate surface area is 145 Å². The molecule has 0 spiro atoms. The standard InChI is InChI=1S/C8H14O2.C7H18NO4P.H2O/c1-4-5-6-10-8(9)7(2)3;1-5-11-13(9,10)12-7-6-8(2,3)4;/h2,4-6H2,1,3H3;5-7H2,1-4H3;1H2/p+1. The minimum atomic E-state index is -3.79. The van der Waals surface area contributed by atoms with E-state index in [2.05, 4.69) is 18.0 Å². The predicted molar refractivity (Wildman–Crippen MR) is 94.6 cm³/mol. The molecule has 0 saturated heterocycles. The maximum Gasteiger partial charge on any atom is 0.472 e. The molecule has 1 atom stereocenters. The van der Waals surface area contributed by atoms with Crippen LogP contribution in [0.2, 0.25) is 0 Å². The van der Waals surface area contributed by atoms with E-state index in [4.69, 9.17) is 14.2 Å². The summed E-state index contributed by atoms with van der Waals surface area (Å²) in [6.07, 6.45) is 1.97. The highest BCUT2D eigenvalue weighted by Gasteiger charge is 2.21. The van der Waals surface area contributed by atoms with E-state index in [-0.39, 0.29) is 24.7 Å². The fraction of sp³-hybridized carbons (Fsp3) is 0.800. The maximum atomic E-state index is 11.0. The summed E-state index contributed by atoms with van der Waals surface area (Å²) < 4.78 is 25.7. The molecule has 3 N–H and O–H groups in total. The number of nitrogens with zero attached hydrogens (tertiary/aromatic N) is 1. The Kier molecular flexibility index (Phi) is 17.0. The number of quaternary nitrogens is 1. The fourth-order valence-electron chi connectivity index (χ4n) is 1.06. The molecule has 0 bridgehead atoms. The molecule has 8 nitrogen and oxygen atoms in total. The zero-order valence-electron chi connectivity index (χ0n) is 15.8. The van der Waals surface area contributed by atoms with Crippen molar-refractivity contribution in [1.82, 2.24) is 0 Å². The molecule has 0 heterocycles. The van der Waals surface area contributed by atoms with Crippen LogP contribution in [0.3, 0.4) is 0 Å². The predicted octanol–water partition coefficient (Wildman–Crippen LogP) is 1.93. The van der Waals surface area contributed by atoms with Crippen molar-refractivity contribution in [2.24, 2.45) is 0 Å². The summed E-state index contributed by atoms with van der Waals surface area (Å²) in [5, 5.41) is 0. The van der Waals surface area contributed by atoms with Gasteiger partial charge in [0.05, 0.1) is 34.4 Å². The van der Waals surface area contributed by atoms with Crippen LogP contribution in [-0.2, 0) is 23.1 Å². The lowest BCUT2D eigenvalue weighted by Gasteiger charge is -2.23. The SMILES string of the molecule is C=C(C)C(=O)OCCCC.CCOP(=O)(O)OCC[N+](C)(C)C.O. The Hall–Kier alpha value is -0.760. The normalized spacial score (nSPS) is 13.0. The van der Waals surface area contributed by atoms with Crippen molar-refractivity contribution < 1.29 is 38.0 Å². The van der Waals surface area contributed by atoms with Gasteiger partial charge >= 0.3 is 13.8 Å². The van der Waals surface area contributed by atoms with Gasteiger partial charge in [-0.3, -0.25) is 9.05 Å². The molecular weight excluding hydrogens is 337 g/mol. The molecule has 0 fully saturated rings. The van der Waals surface area contributed by atoms with Crippen molar-refractivity contribution in [2.45, 2.75) is 33.6 Å². The average Bonchev–Trinajstić information content (AvgIpc) is 2.37. The Morgan fingerprint density at radius 2 is 1.71 bits per heavy atom. The van der Waals surface area contributed by atoms with Gasteiger partial charge in [-0.1, -0.05) is 19.9 Å². The van der Waals surface area contributed by atoms with Crippen LogP contribution >= 0.6 is 7.82 Å². The van der Waals surface area contributed by atoms with E-state index in [9.17, 15) is 9.36 Å². The number of likely N-dealkylation sites (N-methyl/N-ethyl adjacent to an activating group) is 1. The number of esters is 1. The van der Waals surface area contributed by atoms with Gasteiger partial charge in [0.15, 0.2) is 0 Å². The highest BCUT2D eigenvalue weighted by atomic mass is 31.2. The second kappa shape index (κ2) is 14.6. The molecule has 0 aliphatic rings. The third-order valence-corrected chi connectivity index (χ3v) is 3.48. The van der Waals surface area contributed by atoms with Gasteiger partial charge in [-0.2, -0.15) is 0 Å². The van der Waals surface area contributed by atoms with Crippen LogP contribution in [0, 0.1) is 0 Å². The fourth-order valence-corrected chi connectivity index (χ4v) is 1.78. The van der Waals surface area contributed by atoms with Gasteiger partial charge in [-0.25, -0.2) is 9.36 Å². The Morgan fingerprint density at radius 1 is 1.17 bits per heavy atom. The lowest BCUT2D eigenvalue weighted by molar-refractivity contribution is -0.870. The second-order valence-corrected chi connectivity index (χ2v) is 7.46. The van der Waals surface area contributed by atoms with Crippen LogP contribution in [0.15, 0.2) is 12.2 Å². The van der Waals surface area contributed by atoms with Crippen LogP contribution in [-0.4, -0.2) is 68.3 Å². The van der Waals surface area contributed by atoms with Gasteiger partial charge in [0, 0.05) is 5.57 Å². The summed E-state index contributed by atoms with van der Waals surface area (Å²) in [4.78, 5) is 19.7. The monoisotopic (exact) mass is 372 g/mol. The summed E-state index contributed by atoms with van der Waals surface area (Å²) in [7, 11) is 2.15. The number of phosphoric ester groups is 1. The number of unbranched alkanes of at least 4 members (excludes halogenated alkanes) is 1. The molecular formula is C15H35NO7P+. The van der Waals surface area contributed by atoms with Crippen molar-refractivity contribution >= 4 is 13.8 Å². The van der Waals surface area contributed by atoms with Crippen molar-refractivity contribution in [1.29, 1.82) is 0 Å². The summed E-state index contributed by atoms with van der Waals surface area (Å²) in [6.45, 7) is 10.4. The smallest absolute Gasteiger partial charge is 0.462 e. The summed E-state index contributed by atoms with van der Waals surface area (Å²) in [6, 6.07) is 0. The van der Waals surface area contributed by atoms with E-state index >= 15 is 0 Å². The van der Waals surface area contributed by atoms with E-state index in [1.165, 1.54) is 0 Å². The minimum absolute atomic E-state index is 0. The molecule has 0 aromatic carbocycles. The molecule has 0 aliphatic carbocycles. The van der Waals surface area contributed by atoms with Gasteiger partial charge in [0.2, 0.25) is 0 Å². The zero-order valence-corrected chi connectivity index (χ0v) is 16.7. The highest BCUT2D eigenvalue weighted by molar-refractivity contribution is 7.47. The highest BCUT2D eigenvalue weighted by Crippen LogP contribution is 2.42. The first-order chi connectivity index (χ1) is 10.4. The van der Waals surface area contributed by atoms with E-state index in [0.29, 0.717) is 23.2 Å². The molecule has 1 unspecified atom stereocenters. The van der Waals surface area contributed by atoms with Gasteiger partial charge < -0.3 is 19.6 Å². The van der Waals surface area contributed by atoms with Gasteiger partial charge in [-0.15, -0.1) is 0 Å². The molecule has 9 heteroatoms. The largest absolute Gasteiger partial charge is 0.472 e. The Bertz CT molecular complexity index is 394. The molecule has 0 aromatic rings. The van der Waals surface area contributed by atoms with Crippen LogP contribution in [0.5, 0.6) is 0 Å². The minimum Gasteiger partial charge on any atom is -0.462 e. The number of carbonyl (C=O) groups is 1. The molecule has 0 aromatic heterocycles. The lowest BCUT2D eigenvalue weighted by atomic mass is 10.3. The molecule has 0 radical (unpaired) electrons. The maximum absolute atomic E-state index is 11.0. The van der Waals surface area contributed by atoms with Crippen LogP contribution < -0.4 is 0 Å². The van der Waals surface area contributed by atoms with Crippen molar-refractivity contribution in [3.05, 3.63) is 12.2 Å². The summed E-state index contributed by atoms with van der Waals surface area (Å²) in [5.41, 5.74) is 0.469. The molecule has 0 rings (SSSR count). The molecule has 0 aliphatic heterocycles. The Morgan fingerprint density at radius 3 is 2.08 bits per heavy atom. The first kappa shape index (κ1) is 28.1. The number of rotatable bonds is 10. The van der Waals surface area contributed by atoms with Gasteiger partial charge in [-0.05, 0) is 20.3 Å². The van der Waals surface area contributed by atoms with E-state index < -0.39 is 7.82 Å². The van der Waals surface area contributed by atoms with Crippen molar-refractivity contribution in [3.63, 3.8) is 0 Å². The van der Waals surface area contributed by atoms with Crippen LogP contribution in [0.1, 0.15) is 33.6 Å².